The molecule has 3 rings (SSSR count). The number of halogens is 1. The van der Waals surface area contributed by atoms with Crippen LogP contribution in [-0.4, -0.2) is 12.6 Å². The van der Waals surface area contributed by atoms with E-state index in [1.807, 2.05) is 62.4 Å². The van der Waals surface area contributed by atoms with E-state index in [0.29, 0.717) is 11.5 Å². The highest BCUT2D eigenvalue weighted by Crippen LogP contribution is 2.27. The first-order valence-corrected chi connectivity index (χ1v) is 8.41. The quantitative estimate of drug-likeness (QED) is 0.457. The zero-order valence-electron chi connectivity index (χ0n) is 13.5. The molecule has 0 saturated carbocycles. The fourth-order valence-electron chi connectivity index (χ4n) is 2.65. The van der Waals surface area contributed by atoms with Crippen LogP contribution in [0.3, 0.4) is 0 Å². The lowest BCUT2D eigenvalue weighted by molar-refractivity contribution is -0.136. The van der Waals surface area contributed by atoms with Gasteiger partial charge in [-0.3, -0.25) is 0 Å². The van der Waals surface area contributed by atoms with Gasteiger partial charge in [-0.2, -0.15) is 0 Å². The summed E-state index contributed by atoms with van der Waals surface area (Å²) in [6.07, 6.45) is 0. The normalized spacial score (nSPS) is 10.6. The molecule has 0 radical (unpaired) electrons. The van der Waals surface area contributed by atoms with E-state index in [1.165, 1.54) is 0 Å². The van der Waals surface area contributed by atoms with Crippen LogP contribution in [0.25, 0.3) is 10.8 Å². The maximum absolute atomic E-state index is 12.1. The summed E-state index contributed by atoms with van der Waals surface area (Å²) in [6, 6.07) is 17.4. The summed E-state index contributed by atoms with van der Waals surface area (Å²) in [6.45, 7) is 3.76. The van der Waals surface area contributed by atoms with Crippen LogP contribution in [0, 0.1) is 13.8 Å². The van der Waals surface area contributed by atoms with E-state index in [4.69, 9.17) is 9.47 Å². The molecule has 0 amide bonds. The Morgan fingerprint density at radius 3 is 2.33 bits per heavy atom. The maximum atomic E-state index is 12.1. The number of rotatable bonds is 4. The fraction of sp³-hybridized carbons (Fsp3) is 0.150. The third kappa shape index (κ3) is 3.77. The second-order valence-electron chi connectivity index (χ2n) is 5.64. The lowest BCUT2D eigenvalue weighted by atomic mass is 10.1. The molecule has 0 aliphatic rings. The van der Waals surface area contributed by atoms with Gasteiger partial charge in [0, 0.05) is 4.47 Å². The van der Waals surface area contributed by atoms with Crippen LogP contribution in [0.2, 0.25) is 0 Å². The largest absolute Gasteiger partial charge is 0.481 e. The minimum atomic E-state index is -0.424. The van der Waals surface area contributed by atoms with Crippen molar-refractivity contribution in [2.24, 2.45) is 0 Å². The van der Waals surface area contributed by atoms with Crippen molar-refractivity contribution in [1.82, 2.24) is 0 Å². The predicted octanol–water partition coefficient (Wildman–Crippen LogP) is 5.20. The monoisotopic (exact) mass is 384 g/mol. The summed E-state index contributed by atoms with van der Waals surface area (Å²) >= 11 is 3.44. The molecule has 0 heterocycles. The fourth-order valence-corrected chi connectivity index (χ4v) is 3.33. The summed E-state index contributed by atoms with van der Waals surface area (Å²) < 4.78 is 12.0. The highest BCUT2D eigenvalue weighted by atomic mass is 79.9. The van der Waals surface area contributed by atoms with Crippen LogP contribution in [0.4, 0.5) is 0 Å². The Kier molecular flexibility index (Phi) is 4.86. The summed E-state index contributed by atoms with van der Waals surface area (Å²) in [5.74, 6) is 0.812. The minimum Gasteiger partial charge on any atom is -0.481 e. The van der Waals surface area contributed by atoms with Gasteiger partial charge < -0.3 is 9.47 Å². The second-order valence-corrected chi connectivity index (χ2v) is 6.56. The molecule has 0 atom stereocenters. The van der Waals surface area contributed by atoms with Crippen molar-refractivity contribution in [2.45, 2.75) is 13.8 Å². The van der Waals surface area contributed by atoms with E-state index in [9.17, 15) is 4.79 Å². The van der Waals surface area contributed by atoms with E-state index in [2.05, 4.69) is 15.9 Å². The zero-order chi connectivity index (χ0) is 17.1. The zero-order valence-corrected chi connectivity index (χ0v) is 15.1. The number of benzene rings is 3. The lowest BCUT2D eigenvalue weighted by Gasteiger charge is -2.12. The summed E-state index contributed by atoms with van der Waals surface area (Å²) in [5, 5.41) is 2.14. The van der Waals surface area contributed by atoms with Crippen molar-refractivity contribution in [3.8, 4) is 11.5 Å². The molecule has 0 spiro atoms. The summed E-state index contributed by atoms with van der Waals surface area (Å²) in [4.78, 5) is 12.1. The molecule has 3 nitrogen and oxygen atoms in total. The van der Waals surface area contributed by atoms with Crippen LogP contribution < -0.4 is 9.47 Å². The van der Waals surface area contributed by atoms with Crippen LogP contribution in [0.1, 0.15) is 11.1 Å². The summed E-state index contributed by atoms with van der Waals surface area (Å²) in [5.41, 5.74) is 1.95. The molecule has 0 unspecified atom stereocenters. The van der Waals surface area contributed by atoms with Crippen molar-refractivity contribution in [1.29, 1.82) is 0 Å². The van der Waals surface area contributed by atoms with Crippen molar-refractivity contribution < 1.29 is 14.3 Å². The smallest absolute Gasteiger partial charge is 0.349 e. The second kappa shape index (κ2) is 7.05. The van der Waals surface area contributed by atoms with Gasteiger partial charge in [0.25, 0.3) is 0 Å². The van der Waals surface area contributed by atoms with Crippen molar-refractivity contribution >= 4 is 32.7 Å². The van der Waals surface area contributed by atoms with Crippen LogP contribution in [0.15, 0.2) is 59.1 Å². The van der Waals surface area contributed by atoms with E-state index in [0.717, 1.165) is 26.4 Å². The molecule has 3 aromatic carbocycles. The van der Waals surface area contributed by atoms with Gasteiger partial charge in [-0.25, -0.2) is 4.79 Å². The van der Waals surface area contributed by atoms with Gasteiger partial charge >= 0.3 is 5.97 Å². The first-order chi connectivity index (χ1) is 11.5. The topological polar surface area (TPSA) is 35.5 Å². The first-order valence-electron chi connectivity index (χ1n) is 7.62. The molecule has 0 aliphatic carbocycles. The Morgan fingerprint density at radius 1 is 0.958 bits per heavy atom. The van der Waals surface area contributed by atoms with Crippen molar-refractivity contribution in [2.75, 3.05) is 6.61 Å². The van der Waals surface area contributed by atoms with Crippen molar-refractivity contribution in [3.05, 3.63) is 70.2 Å². The average molecular weight is 385 g/mol. The van der Waals surface area contributed by atoms with Crippen LogP contribution in [0.5, 0.6) is 11.5 Å². The Morgan fingerprint density at radius 2 is 1.62 bits per heavy atom. The third-order valence-corrected chi connectivity index (χ3v) is 4.17. The standard InChI is InChI=1S/C20H17BrO3/c1-13-9-17(21)10-14(2)20(13)23-12-19(22)24-18-8-7-15-5-3-4-6-16(15)11-18/h3-11H,12H2,1-2H3. The van der Waals surface area contributed by atoms with Gasteiger partial charge in [0.15, 0.2) is 6.61 Å². The van der Waals surface area contributed by atoms with Gasteiger partial charge in [0.2, 0.25) is 0 Å². The van der Waals surface area contributed by atoms with Gasteiger partial charge in [-0.05, 0) is 60.0 Å². The number of carbonyl (C=O) groups is 1. The average Bonchev–Trinajstić information content (AvgIpc) is 2.53. The summed E-state index contributed by atoms with van der Waals surface area (Å²) in [7, 11) is 0. The molecule has 4 heteroatoms. The van der Waals surface area contributed by atoms with Crippen LogP contribution >= 0.6 is 15.9 Å². The van der Waals surface area contributed by atoms with Gasteiger partial charge in [-0.1, -0.05) is 46.3 Å². The SMILES string of the molecule is Cc1cc(Br)cc(C)c1OCC(=O)Oc1ccc2ccccc2c1. The molecular formula is C20H17BrO3. The molecule has 0 aromatic heterocycles. The highest BCUT2D eigenvalue weighted by Gasteiger charge is 2.10. The number of hydrogen-bond donors (Lipinski definition) is 0. The Bertz CT molecular complexity index is 879. The number of ether oxygens (including phenoxy) is 2. The molecular weight excluding hydrogens is 368 g/mol. The molecule has 0 saturated heterocycles. The van der Waals surface area contributed by atoms with E-state index < -0.39 is 5.97 Å². The molecule has 0 N–H and O–H groups in total. The van der Waals surface area contributed by atoms with E-state index >= 15 is 0 Å². The number of hydrogen-bond acceptors (Lipinski definition) is 3. The number of carbonyl (C=O) groups excluding carboxylic acids is 1. The number of esters is 1. The number of aryl methyl sites for hydroxylation is 2. The number of fused-ring (bicyclic) bond motifs is 1. The van der Waals surface area contributed by atoms with Gasteiger partial charge in [0.1, 0.15) is 11.5 Å². The third-order valence-electron chi connectivity index (χ3n) is 3.71. The molecule has 0 bridgehead atoms. The first kappa shape index (κ1) is 16.5. The molecule has 122 valence electrons. The van der Waals surface area contributed by atoms with Crippen molar-refractivity contribution in [3.63, 3.8) is 0 Å². The minimum absolute atomic E-state index is 0.129. The maximum Gasteiger partial charge on any atom is 0.349 e. The molecule has 24 heavy (non-hydrogen) atoms. The van der Waals surface area contributed by atoms with E-state index in [-0.39, 0.29) is 6.61 Å². The Labute approximate surface area is 149 Å². The van der Waals surface area contributed by atoms with Gasteiger partial charge in [0.05, 0.1) is 0 Å². The Hall–Kier alpha value is -2.33. The highest BCUT2D eigenvalue weighted by molar-refractivity contribution is 9.10. The lowest BCUT2D eigenvalue weighted by Crippen LogP contribution is -2.18. The van der Waals surface area contributed by atoms with Crippen LogP contribution in [-0.2, 0) is 4.79 Å². The van der Waals surface area contributed by atoms with Gasteiger partial charge in [-0.15, -0.1) is 0 Å². The Balaban J connectivity index is 1.67. The van der Waals surface area contributed by atoms with E-state index in [1.54, 1.807) is 6.07 Å². The molecule has 0 aliphatic heterocycles. The predicted molar refractivity (Wildman–Crippen MR) is 98.7 cm³/mol. The molecule has 3 aromatic rings. The molecule has 0 fully saturated rings.